The van der Waals surface area contributed by atoms with Crippen LogP contribution in [0.1, 0.15) is 6.92 Å². The van der Waals surface area contributed by atoms with Crippen molar-refractivity contribution in [1.82, 2.24) is 5.32 Å². The number of hydrogen-bond acceptors (Lipinski definition) is 4. The van der Waals surface area contributed by atoms with Crippen LogP contribution in [0.5, 0.6) is 0 Å². The molecule has 80 valence electrons. The highest BCUT2D eigenvalue weighted by atomic mass is 16.5. The Balaban J connectivity index is 3.25. The Morgan fingerprint density at radius 1 is 1.57 bits per heavy atom. The summed E-state index contributed by atoms with van der Waals surface area (Å²) < 4.78 is 9.62. The molecular weight excluding hydrogens is 182 g/mol. The van der Waals surface area contributed by atoms with E-state index in [0.717, 1.165) is 5.57 Å². The first kappa shape index (κ1) is 12.7. The second-order valence-corrected chi connectivity index (χ2v) is 2.82. The second-order valence-electron chi connectivity index (χ2n) is 2.82. The molecule has 0 amide bonds. The Kier molecular flexibility index (Phi) is 7.55. The number of nitrogens with one attached hydrogen (secondary N) is 1. The molecule has 4 nitrogen and oxygen atoms in total. The smallest absolute Gasteiger partial charge is 0.331 e. The molecule has 0 saturated heterocycles. The molecule has 0 radical (unpaired) electrons. The lowest BCUT2D eigenvalue weighted by molar-refractivity contribution is -0.134. The molecule has 0 rings (SSSR count). The summed E-state index contributed by atoms with van der Waals surface area (Å²) in [6.07, 6.45) is 2.86. The van der Waals surface area contributed by atoms with Gasteiger partial charge in [0.25, 0.3) is 0 Å². The van der Waals surface area contributed by atoms with Crippen LogP contribution in [0.25, 0.3) is 0 Å². The van der Waals surface area contributed by atoms with E-state index in [4.69, 9.17) is 4.74 Å². The van der Waals surface area contributed by atoms with Gasteiger partial charge in [-0.1, -0.05) is 12.2 Å². The average molecular weight is 199 g/mol. The van der Waals surface area contributed by atoms with Crippen LogP contribution in [0.4, 0.5) is 0 Å². The number of esters is 1. The minimum atomic E-state index is -0.375. The van der Waals surface area contributed by atoms with Gasteiger partial charge in [-0.15, -0.1) is 0 Å². The number of ether oxygens (including phenoxy) is 2. The maximum atomic E-state index is 10.6. The second kappa shape index (κ2) is 8.31. The summed E-state index contributed by atoms with van der Waals surface area (Å²) in [4.78, 5) is 10.6. The average Bonchev–Trinajstić information content (AvgIpc) is 2.15. The molecule has 14 heavy (non-hydrogen) atoms. The van der Waals surface area contributed by atoms with Crippen molar-refractivity contribution in [2.45, 2.75) is 6.92 Å². The van der Waals surface area contributed by atoms with Crippen LogP contribution >= 0.6 is 0 Å². The lowest BCUT2D eigenvalue weighted by atomic mass is 10.4. The van der Waals surface area contributed by atoms with E-state index in [1.54, 1.807) is 0 Å². The zero-order valence-electron chi connectivity index (χ0n) is 8.71. The number of carbonyl (C=O) groups is 1. The summed E-state index contributed by atoms with van der Waals surface area (Å²) in [5.41, 5.74) is 0.995. The maximum absolute atomic E-state index is 10.6. The number of carbonyl (C=O) groups excluding carboxylic acids is 1. The first-order chi connectivity index (χ1) is 6.66. The molecule has 0 aromatic heterocycles. The largest absolute Gasteiger partial charge is 0.466 e. The maximum Gasteiger partial charge on any atom is 0.331 e. The third-order valence-corrected chi connectivity index (χ3v) is 1.28. The fourth-order valence-electron chi connectivity index (χ4n) is 0.656. The van der Waals surface area contributed by atoms with Crippen molar-refractivity contribution in [3.8, 4) is 0 Å². The van der Waals surface area contributed by atoms with Crippen LogP contribution in [-0.4, -0.2) is 32.8 Å². The summed E-state index contributed by atoms with van der Waals surface area (Å²) in [5, 5.41) is 2.89. The van der Waals surface area contributed by atoms with Crippen molar-refractivity contribution >= 4 is 5.97 Å². The molecule has 0 aromatic rings. The predicted molar refractivity (Wildman–Crippen MR) is 54.8 cm³/mol. The van der Waals surface area contributed by atoms with Gasteiger partial charge in [-0.25, -0.2) is 4.79 Å². The third-order valence-electron chi connectivity index (χ3n) is 1.28. The Hall–Kier alpha value is -1.29. The molecular formula is C10H17NO3. The Labute approximate surface area is 84.6 Å². The molecule has 0 heterocycles. The summed E-state index contributed by atoms with van der Waals surface area (Å²) in [5.74, 6) is -0.375. The van der Waals surface area contributed by atoms with E-state index in [9.17, 15) is 4.79 Å². The summed E-state index contributed by atoms with van der Waals surface area (Å²) >= 11 is 0. The Morgan fingerprint density at radius 2 is 2.29 bits per heavy atom. The van der Waals surface area contributed by atoms with Crippen LogP contribution in [0, 0.1) is 0 Å². The highest BCUT2D eigenvalue weighted by molar-refractivity contribution is 5.81. The summed E-state index contributed by atoms with van der Waals surface area (Å²) in [6.45, 7) is 7.42. The molecule has 0 fully saturated rings. The summed E-state index contributed by atoms with van der Waals surface area (Å²) in [7, 11) is 1.34. The van der Waals surface area contributed by atoms with Gasteiger partial charge in [0, 0.05) is 18.8 Å². The fourth-order valence-corrected chi connectivity index (χ4v) is 0.656. The van der Waals surface area contributed by atoms with Crippen molar-refractivity contribution < 1.29 is 14.3 Å². The van der Waals surface area contributed by atoms with E-state index in [2.05, 4.69) is 16.6 Å². The highest BCUT2D eigenvalue weighted by Crippen LogP contribution is 1.86. The van der Waals surface area contributed by atoms with Gasteiger partial charge in [-0.2, -0.15) is 0 Å². The molecule has 0 unspecified atom stereocenters. The number of methoxy groups -OCH3 is 1. The molecule has 4 heteroatoms. The topological polar surface area (TPSA) is 47.6 Å². The summed E-state index contributed by atoms with van der Waals surface area (Å²) in [6, 6.07) is 0. The van der Waals surface area contributed by atoms with Gasteiger partial charge in [0.15, 0.2) is 0 Å². The van der Waals surface area contributed by atoms with Crippen molar-refractivity contribution in [2.75, 3.05) is 26.9 Å². The lowest BCUT2D eigenvalue weighted by Gasteiger charge is -2.02. The Bertz CT molecular complexity index is 211. The zero-order chi connectivity index (χ0) is 10.8. The van der Waals surface area contributed by atoms with Crippen molar-refractivity contribution in [3.05, 3.63) is 24.4 Å². The molecule has 0 aliphatic carbocycles. The Morgan fingerprint density at radius 3 is 2.86 bits per heavy atom. The standard InChI is InChI=1S/C10H17NO3/c1-9(2)8-14-7-6-11-5-4-10(12)13-3/h4-5,11H,1,6-8H2,2-3H3/b5-4+. The first-order valence-electron chi connectivity index (χ1n) is 4.37. The SMILES string of the molecule is C=C(C)COCCN/C=C/C(=O)OC. The van der Waals surface area contributed by atoms with E-state index in [1.165, 1.54) is 19.4 Å². The molecule has 0 aromatic carbocycles. The van der Waals surface area contributed by atoms with Crippen molar-refractivity contribution in [1.29, 1.82) is 0 Å². The normalized spacial score (nSPS) is 10.1. The predicted octanol–water partition coefficient (Wildman–Crippen LogP) is 0.855. The molecule has 0 aliphatic rings. The molecule has 0 atom stereocenters. The fraction of sp³-hybridized carbons (Fsp3) is 0.500. The molecule has 1 N–H and O–H groups in total. The van der Waals surface area contributed by atoms with Crippen LogP contribution in [0.3, 0.4) is 0 Å². The monoisotopic (exact) mass is 199 g/mol. The van der Waals surface area contributed by atoms with Crippen LogP contribution < -0.4 is 5.32 Å². The quantitative estimate of drug-likeness (QED) is 0.286. The van der Waals surface area contributed by atoms with Gasteiger partial charge in [-0.05, 0) is 6.92 Å². The van der Waals surface area contributed by atoms with Crippen LogP contribution in [0.15, 0.2) is 24.4 Å². The minimum Gasteiger partial charge on any atom is -0.466 e. The van der Waals surface area contributed by atoms with Gasteiger partial charge in [0.2, 0.25) is 0 Å². The van der Waals surface area contributed by atoms with Crippen LogP contribution in [0.2, 0.25) is 0 Å². The highest BCUT2D eigenvalue weighted by Gasteiger charge is 1.89. The van der Waals surface area contributed by atoms with Crippen molar-refractivity contribution in [3.63, 3.8) is 0 Å². The van der Waals surface area contributed by atoms with Gasteiger partial charge < -0.3 is 14.8 Å². The zero-order valence-corrected chi connectivity index (χ0v) is 8.71. The van der Waals surface area contributed by atoms with E-state index < -0.39 is 0 Å². The molecule has 0 spiro atoms. The van der Waals surface area contributed by atoms with E-state index in [-0.39, 0.29) is 5.97 Å². The van der Waals surface area contributed by atoms with E-state index in [1.807, 2.05) is 6.92 Å². The van der Waals surface area contributed by atoms with Gasteiger partial charge in [0.1, 0.15) is 0 Å². The third kappa shape index (κ3) is 8.80. The van der Waals surface area contributed by atoms with Gasteiger partial charge >= 0.3 is 5.97 Å². The van der Waals surface area contributed by atoms with Crippen LogP contribution in [-0.2, 0) is 14.3 Å². The lowest BCUT2D eigenvalue weighted by Crippen LogP contribution is -2.14. The number of rotatable bonds is 7. The van der Waals surface area contributed by atoms with E-state index in [0.29, 0.717) is 19.8 Å². The molecule has 0 bridgehead atoms. The molecule has 0 saturated carbocycles. The number of hydrogen-bond donors (Lipinski definition) is 1. The molecule has 0 aliphatic heterocycles. The minimum absolute atomic E-state index is 0.375. The van der Waals surface area contributed by atoms with Crippen molar-refractivity contribution in [2.24, 2.45) is 0 Å². The van der Waals surface area contributed by atoms with Gasteiger partial charge in [0.05, 0.1) is 20.3 Å². The van der Waals surface area contributed by atoms with Gasteiger partial charge in [-0.3, -0.25) is 0 Å². The first-order valence-corrected chi connectivity index (χ1v) is 4.37. The van der Waals surface area contributed by atoms with E-state index >= 15 is 0 Å².